The quantitative estimate of drug-likeness (QED) is 0.445. The Morgan fingerprint density at radius 1 is 1.18 bits per heavy atom. The summed E-state index contributed by atoms with van der Waals surface area (Å²) >= 11 is 0. The zero-order valence-corrected chi connectivity index (χ0v) is 18.8. The first kappa shape index (κ1) is 20.6. The summed E-state index contributed by atoms with van der Waals surface area (Å²) < 4.78 is 28.4. The largest absolute Gasteiger partial charge is 0.496 e. The van der Waals surface area contributed by atoms with Gasteiger partial charge in [-0.15, -0.1) is 5.10 Å². The predicted octanol–water partition coefficient (Wildman–Crippen LogP) is 4.22. The second-order valence-corrected chi connectivity index (χ2v) is 8.46. The normalized spacial score (nSPS) is 15.4. The maximum Gasteiger partial charge on any atom is 0.265 e. The molecule has 34 heavy (non-hydrogen) atoms. The predicted molar refractivity (Wildman–Crippen MR) is 124 cm³/mol. The summed E-state index contributed by atoms with van der Waals surface area (Å²) in [4.78, 5) is 18.7. The molecule has 2 aromatic carbocycles. The molecule has 6 rings (SSSR count). The number of hydrogen-bond acceptors (Lipinski definition) is 6. The molecule has 0 spiro atoms. The van der Waals surface area contributed by atoms with Crippen molar-refractivity contribution < 1.29 is 18.7 Å². The van der Waals surface area contributed by atoms with Crippen LogP contribution in [0.2, 0.25) is 0 Å². The van der Waals surface area contributed by atoms with Gasteiger partial charge in [-0.25, -0.2) is 9.37 Å². The van der Waals surface area contributed by atoms with Gasteiger partial charge in [0, 0.05) is 35.3 Å². The number of ether oxygens (including phenoxy) is 2. The number of carbonyl (C=O) groups excluding carboxylic acids is 1. The van der Waals surface area contributed by atoms with E-state index in [4.69, 9.17) is 9.47 Å². The minimum Gasteiger partial charge on any atom is -0.496 e. The summed E-state index contributed by atoms with van der Waals surface area (Å²) in [5, 5.41) is 8.35. The van der Waals surface area contributed by atoms with Crippen molar-refractivity contribution in [2.45, 2.75) is 32.4 Å². The van der Waals surface area contributed by atoms with Gasteiger partial charge in [0.05, 0.1) is 25.3 Å². The molecule has 8 nitrogen and oxygen atoms in total. The molecule has 0 atom stereocenters. The molecule has 1 amide bonds. The molecular formula is C25H22FN5O3. The van der Waals surface area contributed by atoms with Gasteiger partial charge in [0.1, 0.15) is 22.8 Å². The van der Waals surface area contributed by atoms with E-state index in [2.05, 4.69) is 15.2 Å². The molecule has 1 aliphatic carbocycles. The molecule has 4 aromatic rings. The minimum atomic E-state index is -0.398. The first-order valence-corrected chi connectivity index (χ1v) is 11.2. The van der Waals surface area contributed by atoms with Gasteiger partial charge in [-0.3, -0.25) is 4.79 Å². The Morgan fingerprint density at radius 3 is 2.79 bits per heavy atom. The number of aromatic nitrogens is 4. The zero-order valence-electron chi connectivity index (χ0n) is 18.8. The number of anilines is 1. The molecule has 0 unspecified atom stereocenters. The zero-order chi connectivity index (χ0) is 23.4. The molecule has 3 heterocycles. The van der Waals surface area contributed by atoms with Crippen molar-refractivity contribution in [3.8, 4) is 33.8 Å². The Balaban J connectivity index is 1.49. The number of imidazole rings is 1. The smallest absolute Gasteiger partial charge is 0.265 e. The first-order valence-electron chi connectivity index (χ1n) is 11.2. The van der Waals surface area contributed by atoms with Gasteiger partial charge in [0.2, 0.25) is 0 Å². The molecular weight excluding hydrogens is 437 g/mol. The van der Waals surface area contributed by atoms with Gasteiger partial charge < -0.3 is 18.9 Å². The van der Waals surface area contributed by atoms with E-state index >= 15 is 4.39 Å². The van der Waals surface area contributed by atoms with Crippen LogP contribution in [0, 0.1) is 5.82 Å². The summed E-state index contributed by atoms with van der Waals surface area (Å²) in [6.45, 7) is 2.70. The topological polar surface area (TPSA) is 82.4 Å². The van der Waals surface area contributed by atoms with Crippen LogP contribution in [0.3, 0.4) is 0 Å². The Morgan fingerprint density at radius 2 is 2.03 bits per heavy atom. The SMILES string of the molecule is CCn1cnc2c(-c3ccc(F)c(-c4cc5c(cc4OC)N(C4CC4)C(=O)CO5)c3)cnnc21. The highest BCUT2D eigenvalue weighted by Crippen LogP contribution is 2.46. The molecule has 0 saturated heterocycles. The van der Waals surface area contributed by atoms with Crippen LogP contribution in [0.15, 0.2) is 42.9 Å². The standard InChI is InChI=1S/C25H22FN5O3/c1-3-30-13-27-24-18(11-28-29-25(24)30)14-4-7-19(26)16(8-14)17-9-22-20(10-21(17)33-2)31(15-5-6-15)23(32)12-34-22/h4,7-11,13,15H,3,5-6,12H2,1-2H3. The Labute approximate surface area is 194 Å². The van der Waals surface area contributed by atoms with Gasteiger partial charge in [-0.1, -0.05) is 6.07 Å². The molecule has 0 radical (unpaired) electrons. The molecule has 172 valence electrons. The molecule has 1 aliphatic heterocycles. The number of aryl methyl sites for hydroxylation is 1. The van der Waals surface area contributed by atoms with Crippen LogP contribution in [-0.2, 0) is 11.3 Å². The van der Waals surface area contributed by atoms with Gasteiger partial charge in [0.25, 0.3) is 5.91 Å². The molecule has 0 bridgehead atoms. The third-order valence-corrected chi connectivity index (χ3v) is 6.39. The number of methoxy groups -OCH3 is 1. The van der Waals surface area contributed by atoms with Gasteiger partial charge in [-0.05, 0) is 43.5 Å². The third-order valence-electron chi connectivity index (χ3n) is 6.39. The number of hydrogen-bond donors (Lipinski definition) is 0. The van der Waals surface area contributed by atoms with E-state index in [-0.39, 0.29) is 18.6 Å². The van der Waals surface area contributed by atoms with Crippen molar-refractivity contribution in [3.63, 3.8) is 0 Å². The molecule has 0 N–H and O–H groups in total. The fraction of sp³-hybridized carbons (Fsp3) is 0.280. The average Bonchev–Trinajstić information content (AvgIpc) is 3.60. The number of rotatable bonds is 5. The maximum atomic E-state index is 15.2. The average molecular weight is 459 g/mol. The lowest BCUT2D eigenvalue weighted by atomic mass is 9.97. The Bertz CT molecular complexity index is 1450. The highest BCUT2D eigenvalue weighted by atomic mass is 19.1. The van der Waals surface area contributed by atoms with E-state index < -0.39 is 5.82 Å². The fourth-order valence-corrected chi connectivity index (χ4v) is 4.52. The molecule has 2 aromatic heterocycles. The number of halogens is 1. The van der Waals surface area contributed by atoms with Crippen LogP contribution in [0.4, 0.5) is 10.1 Å². The summed E-state index contributed by atoms with van der Waals surface area (Å²) in [6.07, 6.45) is 5.30. The van der Waals surface area contributed by atoms with Gasteiger partial charge >= 0.3 is 0 Å². The van der Waals surface area contributed by atoms with E-state index in [0.717, 1.165) is 30.5 Å². The molecule has 1 saturated carbocycles. The van der Waals surface area contributed by atoms with E-state index in [1.165, 1.54) is 13.2 Å². The Kier molecular flexibility index (Phi) is 4.72. The number of amides is 1. The van der Waals surface area contributed by atoms with Gasteiger partial charge in [-0.2, -0.15) is 5.10 Å². The lowest BCUT2D eigenvalue weighted by molar-refractivity contribution is -0.121. The third kappa shape index (κ3) is 3.19. The monoisotopic (exact) mass is 459 g/mol. The van der Waals surface area contributed by atoms with Crippen molar-refractivity contribution in [2.24, 2.45) is 0 Å². The van der Waals surface area contributed by atoms with E-state index in [1.54, 1.807) is 41.7 Å². The summed E-state index contributed by atoms with van der Waals surface area (Å²) in [5.41, 5.74) is 4.47. The van der Waals surface area contributed by atoms with Crippen LogP contribution >= 0.6 is 0 Å². The van der Waals surface area contributed by atoms with Crippen molar-refractivity contribution in [2.75, 3.05) is 18.6 Å². The lowest BCUT2D eigenvalue weighted by Gasteiger charge is -2.30. The van der Waals surface area contributed by atoms with Crippen molar-refractivity contribution in [3.05, 3.63) is 48.7 Å². The van der Waals surface area contributed by atoms with Crippen LogP contribution < -0.4 is 14.4 Å². The van der Waals surface area contributed by atoms with Crippen molar-refractivity contribution in [1.29, 1.82) is 0 Å². The van der Waals surface area contributed by atoms with Crippen molar-refractivity contribution >= 4 is 22.8 Å². The molecule has 9 heteroatoms. The second-order valence-electron chi connectivity index (χ2n) is 8.46. The van der Waals surface area contributed by atoms with E-state index in [9.17, 15) is 4.79 Å². The number of benzene rings is 2. The summed E-state index contributed by atoms with van der Waals surface area (Å²) in [6, 6.07) is 8.59. The maximum absolute atomic E-state index is 15.2. The minimum absolute atomic E-state index is 0.0292. The van der Waals surface area contributed by atoms with Crippen LogP contribution in [0.25, 0.3) is 33.4 Å². The summed E-state index contributed by atoms with van der Waals surface area (Å²) in [5.74, 6) is 0.540. The first-order chi connectivity index (χ1) is 16.6. The number of carbonyl (C=O) groups is 1. The van der Waals surface area contributed by atoms with Crippen LogP contribution in [0.5, 0.6) is 11.5 Å². The van der Waals surface area contributed by atoms with E-state index in [0.29, 0.717) is 39.5 Å². The van der Waals surface area contributed by atoms with Crippen LogP contribution in [-0.4, -0.2) is 45.4 Å². The highest BCUT2D eigenvalue weighted by molar-refractivity contribution is 6.00. The Hall–Kier alpha value is -4.01. The van der Waals surface area contributed by atoms with Crippen molar-refractivity contribution in [1.82, 2.24) is 19.7 Å². The highest BCUT2D eigenvalue weighted by Gasteiger charge is 2.38. The molecule has 2 aliphatic rings. The van der Waals surface area contributed by atoms with Crippen LogP contribution in [0.1, 0.15) is 19.8 Å². The second kappa shape index (κ2) is 7.79. The fourth-order valence-electron chi connectivity index (χ4n) is 4.52. The summed E-state index contributed by atoms with van der Waals surface area (Å²) in [7, 11) is 1.54. The lowest BCUT2D eigenvalue weighted by Crippen LogP contribution is -2.40. The molecule has 1 fully saturated rings. The number of fused-ring (bicyclic) bond motifs is 2. The number of nitrogens with zero attached hydrogens (tertiary/aromatic N) is 5. The van der Waals surface area contributed by atoms with E-state index in [1.807, 2.05) is 11.5 Å². The van der Waals surface area contributed by atoms with Gasteiger partial charge in [0.15, 0.2) is 12.3 Å².